The molecule has 0 saturated carbocycles. The van der Waals surface area contributed by atoms with Gasteiger partial charge in [-0.2, -0.15) is 18.4 Å². The summed E-state index contributed by atoms with van der Waals surface area (Å²) < 4.78 is 38.5. The molecule has 13 heteroatoms. The minimum atomic E-state index is -4.30. The molecule has 0 saturated heterocycles. The molecule has 0 aliphatic carbocycles. The molecule has 10 nitrogen and oxygen atoms in total. The summed E-state index contributed by atoms with van der Waals surface area (Å²) in [4.78, 5) is 19.7. The van der Waals surface area contributed by atoms with Crippen LogP contribution >= 0.6 is 23.2 Å². The molecule has 0 spiro atoms. The lowest BCUT2D eigenvalue weighted by Crippen LogP contribution is -2.16. The van der Waals surface area contributed by atoms with Crippen LogP contribution in [0.15, 0.2) is 23.5 Å². The van der Waals surface area contributed by atoms with Crippen molar-refractivity contribution in [1.82, 2.24) is 19.6 Å². The van der Waals surface area contributed by atoms with Crippen LogP contribution in [-0.4, -0.2) is 48.2 Å². The van der Waals surface area contributed by atoms with E-state index in [1.807, 2.05) is 0 Å². The molecule has 0 fully saturated rings. The smallest absolute Gasteiger partial charge is 0.339 e. The van der Waals surface area contributed by atoms with E-state index in [1.54, 1.807) is 6.92 Å². The van der Waals surface area contributed by atoms with Crippen LogP contribution in [0.3, 0.4) is 0 Å². The normalized spacial score (nSPS) is 11.5. The molecule has 0 amide bonds. The quantitative estimate of drug-likeness (QED) is 0.593. The molecule has 1 N–H and O–H groups in total. The Hall–Kier alpha value is -2.63. The highest BCUT2D eigenvalue weighted by molar-refractivity contribution is 7.92. The third-order valence-corrected chi connectivity index (χ3v) is 5.45. The van der Waals surface area contributed by atoms with Crippen molar-refractivity contribution in [1.29, 1.82) is 0 Å². The summed E-state index contributed by atoms with van der Waals surface area (Å²) in [5, 5.41) is 3.10. The molecule has 3 rings (SSSR count). The number of ether oxygens (including phenoxy) is 2. The van der Waals surface area contributed by atoms with Gasteiger partial charge in [0.25, 0.3) is 21.0 Å². The molecule has 0 aliphatic rings. The van der Waals surface area contributed by atoms with Gasteiger partial charge in [0.15, 0.2) is 0 Å². The lowest BCUT2D eigenvalue weighted by atomic mass is 10.2. The van der Waals surface area contributed by atoms with Crippen molar-refractivity contribution in [2.45, 2.75) is 12.1 Å². The molecule has 0 atom stereocenters. The van der Waals surface area contributed by atoms with Gasteiger partial charge in [0, 0.05) is 11.8 Å². The van der Waals surface area contributed by atoms with Crippen LogP contribution in [0.2, 0.25) is 10.0 Å². The van der Waals surface area contributed by atoms with E-state index >= 15 is 0 Å². The second-order valence-electron chi connectivity index (χ2n) is 5.45. The molecule has 1 aromatic carbocycles. The molecule has 0 aliphatic heterocycles. The predicted octanol–water partition coefficient (Wildman–Crippen LogP) is 2.34. The van der Waals surface area contributed by atoms with Crippen LogP contribution in [0.5, 0.6) is 5.88 Å². The number of aryl methyl sites for hydroxylation is 1. The molecule has 3 aromatic rings. The minimum absolute atomic E-state index is 0.0170. The number of nitrogens with one attached hydrogen (secondary N) is 1. The Balaban J connectivity index is 2.05. The summed E-state index contributed by atoms with van der Waals surface area (Å²) in [6.07, 6.45) is 1.52. The number of anilines is 1. The molecule has 0 radical (unpaired) electrons. The zero-order valence-corrected chi connectivity index (χ0v) is 17.1. The molecular weight excluding hydrogens is 433 g/mol. The Labute approximate surface area is 169 Å². The summed E-state index contributed by atoms with van der Waals surface area (Å²) in [5.74, 6) is -0.447. The maximum Gasteiger partial charge on any atom is 0.339 e. The zero-order valence-electron chi connectivity index (χ0n) is 14.7. The molecule has 0 unspecified atom stereocenters. The average Bonchev–Trinajstić information content (AvgIpc) is 3.07. The highest BCUT2D eigenvalue weighted by atomic mass is 35.5. The van der Waals surface area contributed by atoms with E-state index < -0.39 is 21.1 Å². The number of aromatic nitrogens is 4. The molecule has 28 heavy (non-hydrogen) atoms. The molecule has 0 bridgehead atoms. The first kappa shape index (κ1) is 20.1. The number of esters is 1. The first-order chi connectivity index (χ1) is 13.2. The van der Waals surface area contributed by atoms with Crippen molar-refractivity contribution in [3.63, 3.8) is 0 Å². The molecular formula is C15H13Cl2N5O5S. The monoisotopic (exact) mass is 445 g/mol. The van der Waals surface area contributed by atoms with E-state index in [9.17, 15) is 13.2 Å². The van der Waals surface area contributed by atoms with Gasteiger partial charge in [-0.3, -0.25) is 4.72 Å². The number of hydrogen-bond acceptors (Lipinski definition) is 8. The van der Waals surface area contributed by atoms with Gasteiger partial charge in [0.05, 0.1) is 35.5 Å². The number of halogens is 2. The number of carbonyl (C=O) groups is 1. The number of hydrogen-bond donors (Lipinski definition) is 1. The van der Waals surface area contributed by atoms with Gasteiger partial charge < -0.3 is 9.47 Å². The average molecular weight is 446 g/mol. The lowest BCUT2D eigenvalue weighted by molar-refractivity contribution is 0.0601. The summed E-state index contributed by atoms with van der Waals surface area (Å²) >= 11 is 12.2. The SMILES string of the molecule is COC(=O)c1ccc(Cl)c(NS(=O)(=O)c2nc3nc(OC)c(C)cn3n2)c1Cl. The van der Waals surface area contributed by atoms with Crippen molar-refractivity contribution < 1.29 is 22.7 Å². The molecule has 2 aromatic heterocycles. The van der Waals surface area contributed by atoms with Gasteiger partial charge in [-0.15, -0.1) is 5.10 Å². The van der Waals surface area contributed by atoms with Gasteiger partial charge >= 0.3 is 5.97 Å². The third-order valence-electron chi connectivity index (χ3n) is 3.62. The number of benzene rings is 1. The summed E-state index contributed by atoms with van der Waals surface area (Å²) in [6, 6.07) is 2.63. The molecule has 2 heterocycles. The van der Waals surface area contributed by atoms with E-state index in [4.69, 9.17) is 27.9 Å². The Morgan fingerprint density at radius 1 is 1.21 bits per heavy atom. The number of fused-ring (bicyclic) bond motifs is 1. The van der Waals surface area contributed by atoms with Crippen LogP contribution in [0.4, 0.5) is 5.69 Å². The van der Waals surface area contributed by atoms with Gasteiger partial charge in [0.2, 0.25) is 5.88 Å². The molecule has 148 valence electrons. The Bertz CT molecular complexity index is 1200. The fourth-order valence-corrected chi connectivity index (χ4v) is 3.91. The Kier molecular flexibility index (Phi) is 5.33. The Morgan fingerprint density at radius 2 is 1.93 bits per heavy atom. The van der Waals surface area contributed by atoms with Crippen molar-refractivity contribution in [3.8, 4) is 5.88 Å². The van der Waals surface area contributed by atoms with E-state index in [0.29, 0.717) is 5.56 Å². The van der Waals surface area contributed by atoms with Crippen LogP contribution in [-0.2, 0) is 14.8 Å². The topological polar surface area (TPSA) is 125 Å². The number of carbonyl (C=O) groups excluding carboxylic acids is 1. The van der Waals surface area contributed by atoms with Crippen molar-refractivity contribution in [2.24, 2.45) is 0 Å². The number of methoxy groups -OCH3 is 2. The fraction of sp³-hybridized carbons (Fsp3) is 0.200. The maximum atomic E-state index is 12.7. The first-order valence-corrected chi connectivity index (χ1v) is 9.79. The second-order valence-corrected chi connectivity index (χ2v) is 7.81. The maximum absolute atomic E-state index is 12.7. The largest absolute Gasteiger partial charge is 0.481 e. The number of rotatable bonds is 5. The van der Waals surface area contributed by atoms with Gasteiger partial charge in [0.1, 0.15) is 0 Å². The van der Waals surface area contributed by atoms with Crippen LogP contribution in [0, 0.1) is 6.92 Å². The fourth-order valence-electron chi connectivity index (χ4n) is 2.29. The zero-order chi connectivity index (χ0) is 20.6. The number of nitrogens with zero attached hydrogens (tertiary/aromatic N) is 4. The summed E-state index contributed by atoms with van der Waals surface area (Å²) in [5.41, 5.74) is 0.372. The van der Waals surface area contributed by atoms with Crippen molar-refractivity contribution in [2.75, 3.05) is 18.9 Å². The second kappa shape index (κ2) is 7.41. The van der Waals surface area contributed by atoms with Gasteiger partial charge in [-0.05, 0) is 19.1 Å². The first-order valence-electron chi connectivity index (χ1n) is 7.55. The predicted molar refractivity (Wildman–Crippen MR) is 101 cm³/mol. The van der Waals surface area contributed by atoms with Crippen LogP contribution < -0.4 is 9.46 Å². The highest BCUT2D eigenvalue weighted by Crippen LogP contribution is 2.35. The standard InChI is InChI=1S/C15H13Cl2N5O5S/c1-7-6-22-14(18-12(7)26-2)19-15(20-22)28(24,25)21-11-9(16)5-4-8(10(11)17)13(23)27-3/h4-6,21H,1-3H3. The lowest BCUT2D eigenvalue weighted by Gasteiger charge is -2.11. The van der Waals surface area contributed by atoms with Gasteiger partial charge in [-0.25, -0.2) is 9.31 Å². The van der Waals surface area contributed by atoms with Gasteiger partial charge in [-0.1, -0.05) is 23.2 Å². The van der Waals surface area contributed by atoms with Crippen molar-refractivity contribution in [3.05, 3.63) is 39.5 Å². The summed E-state index contributed by atoms with van der Waals surface area (Å²) in [7, 11) is -1.70. The van der Waals surface area contributed by atoms with E-state index in [1.165, 1.54) is 37.1 Å². The third kappa shape index (κ3) is 3.55. The van der Waals surface area contributed by atoms with E-state index in [0.717, 1.165) is 0 Å². The highest BCUT2D eigenvalue weighted by Gasteiger charge is 2.26. The van der Waals surface area contributed by atoms with E-state index in [2.05, 4.69) is 24.5 Å². The van der Waals surface area contributed by atoms with Crippen LogP contribution in [0.25, 0.3) is 5.78 Å². The Morgan fingerprint density at radius 3 is 2.57 bits per heavy atom. The number of sulfonamides is 1. The van der Waals surface area contributed by atoms with E-state index in [-0.39, 0.29) is 33.0 Å². The van der Waals surface area contributed by atoms with Crippen LogP contribution in [0.1, 0.15) is 15.9 Å². The van der Waals surface area contributed by atoms with Crippen molar-refractivity contribution >= 4 is 50.7 Å². The summed E-state index contributed by atoms with van der Waals surface area (Å²) in [6.45, 7) is 1.72. The minimum Gasteiger partial charge on any atom is -0.481 e.